The van der Waals surface area contributed by atoms with E-state index in [1.165, 1.54) is 10.4 Å². The van der Waals surface area contributed by atoms with E-state index >= 15 is 0 Å². The molecule has 0 unspecified atom stereocenters. The Labute approximate surface area is 60.7 Å². The molecule has 0 aliphatic heterocycles. The van der Waals surface area contributed by atoms with Crippen molar-refractivity contribution in [3.05, 3.63) is 0 Å². The van der Waals surface area contributed by atoms with Crippen LogP contribution in [0.3, 0.4) is 0 Å². The van der Waals surface area contributed by atoms with Gasteiger partial charge in [-0.1, -0.05) is 0 Å². The molecule has 0 bridgehead atoms. The zero-order valence-electron chi connectivity index (χ0n) is 4.08. The second-order valence-corrected chi connectivity index (χ2v) is 1.41. The number of rotatable bonds is 3. The second kappa shape index (κ2) is 6.67. The van der Waals surface area contributed by atoms with E-state index in [9.17, 15) is 0 Å². The zero-order chi connectivity index (χ0) is 6.24. The molecule has 0 atom stereocenters. The van der Waals surface area contributed by atoms with Crippen molar-refractivity contribution >= 4 is 33.0 Å². The summed E-state index contributed by atoms with van der Waals surface area (Å²) in [6.07, 6.45) is 1.46. The molecule has 4 nitrogen and oxygen atoms in total. The molecule has 0 saturated heterocycles. The molecule has 5 heteroatoms. The average molecular weight is 224 g/mol. The third kappa shape index (κ3) is 5.67. The third-order valence-corrected chi connectivity index (χ3v) is 0.614. The van der Waals surface area contributed by atoms with Gasteiger partial charge in [0.2, 0.25) is 0 Å². The lowest BCUT2D eigenvalue weighted by Crippen LogP contribution is -1.74. The summed E-state index contributed by atoms with van der Waals surface area (Å²) in [4.78, 5) is 0. The summed E-state index contributed by atoms with van der Waals surface area (Å²) in [5, 5.41) is 10.0. The first-order valence-electron chi connectivity index (χ1n) is 1.88. The SMILES string of the molecule is N=NC/C=N/N=C\I. The predicted molar refractivity (Wildman–Crippen MR) is 41.0 cm³/mol. The van der Waals surface area contributed by atoms with E-state index in [-0.39, 0.29) is 0 Å². The van der Waals surface area contributed by atoms with Crippen molar-refractivity contribution in [2.45, 2.75) is 0 Å². The normalized spacial score (nSPS) is 11.1. The molecule has 0 amide bonds. The van der Waals surface area contributed by atoms with Crippen LogP contribution in [0.25, 0.3) is 0 Å². The van der Waals surface area contributed by atoms with E-state index in [4.69, 9.17) is 5.53 Å². The van der Waals surface area contributed by atoms with Crippen molar-refractivity contribution in [1.82, 2.24) is 0 Å². The van der Waals surface area contributed by atoms with Gasteiger partial charge in [-0.2, -0.15) is 15.3 Å². The van der Waals surface area contributed by atoms with Crippen LogP contribution in [0.15, 0.2) is 15.3 Å². The highest BCUT2D eigenvalue weighted by molar-refractivity contribution is 14.1. The van der Waals surface area contributed by atoms with Crippen LogP contribution in [-0.4, -0.2) is 17.0 Å². The van der Waals surface area contributed by atoms with Gasteiger partial charge in [-0.25, -0.2) is 5.53 Å². The number of hydrogen-bond acceptors (Lipinski definition) is 4. The molecule has 0 radical (unpaired) electrons. The Bertz CT molecular complexity index is 108. The maximum atomic E-state index is 6.32. The molecule has 44 valence electrons. The standard InChI is InChI=1S/C3H5IN4/c4-3-8-7-2-1-6-5/h2-3,5H,1H2/b6-5?,7-2+,8-3-. The first kappa shape index (κ1) is 7.67. The van der Waals surface area contributed by atoms with Gasteiger partial charge in [0.25, 0.3) is 0 Å². The van der Waals surface area contributed by atoms with Gasteiger partial charge in [0.15, 0.2) is 0 Å². The lowest BCUT2D eigenvalue weighted by Gasteiger charge is -1.71. The first-order valence-corrected chi connectivity index (χ1v) is 3.13. The summed E-state index contributed by atoms with van der Waals surface area (Å²) >= 11 is 1.96. The molecule has 0 rings (SSSR count). The van der Waals surface area contributed by atoms with Crippen molar-refractivity contribution in [3.8, 4) is 0 Å². The van der Waals surface area contributed by atoms with Crippen LogP contribution in [-0.2, 0) is 0 Å². The van der Waals surface area contributed by atoms with Crippen LogP contribution in [0.2, 0.25) is 0 Å². The summed E-state index contributed by atoms with van der Waals surface area (Å²) < 4.78 is 1.54. The summed E-state index contributed by atoms with van der Waals surface area (Å²) in [6, 6.07) is 0. The Balaban J connectivity index is 3.19. The molecule has 0 aliphatic carbocycles. The number of halogens is 1. The van der Waals surface area contributed by atoms with Gasteiger partial charge in [-0.15, -0.1) is 0 Å². The summed E-state index contributed by atoms with van der Waals surface area (Å²) in [6.45, 7) is 0.313. The van der Waals surface area contributed by atoms with Crippen LogP contribution < -0.4 is 0 Å². The van der Waals surface area contributed by atoms with E-state index in [1.54, 1.807) is 0 Å². The van der Waals surface area contributed by atoms with E-state index in [1.807, 2.05) is 22.6 Å². The zero-order valence-corrected chi connectivity index (χ0v) is 6.24. The van der Waals surface area contributed by atoms with E-state index < -0.39 is 0 Å². The minimum Gasteiger partial charge on any atom is -0.209 e. The van der Waals surface area contributed by atoms with Gasteiger partial charge in [0, 0.05) is 0 Å². The quantitative estimate of drug-likeness (QED) is 0.326. The van der Waals surface area contributed by atoms with Crippen LogP contribution >= 0.6 is 22.6 Å². The van der Waals surface area contributed by atoms with Crippen molar-refractivity contribution < 1.29 is 0 Å². The number of nitrogens with one attached hydrogen (secondary N) is 1. The Morgan fingerprint density at radius 1 is 1.50 bits per heavy atom. The van der Waals surface area contributed by atoms with Gasteiger partial charge in [-0.05, 0) is 22.6 Å². The third-order valence-electron chi connectivity index (χ3n) is 0.365. The van der Waals surface area contributed by atoms with E-state index in [0.717, 1.165) is 0 Å². The van der Waals surface area contributed by atoms with Crippen molar-refractivity contribution in [2.75, 3.05) is 6.54 Å². The molecule has 0 fully saturated rings. The Kier molecular flexibility index (Phi) is 6.39. The first-order chi connectivity index (χ1) is 3.91. The lowest BCUT2D eigenvalue weighted by atomic mass is 10.8. The summed E-state index contributed by atoms with van der Waals surface area (Å²) in [7, 11) is 0. The fourth-order valence-electron chi connectivity index (χ4n) is 0.150. The van der Waals surface area contributed by atoms with Gasteiger partial charge in [0.05, 0.1) is 17.0 Å². The van der Waals surface area contributed by atoms with Gasteiger partial charge in [-0.3, -0.25) is 0 Å². The predicted octanol–water partition coefficient (Wildman–Crippen LogP) is 1.47. The van der Waals surface area contributed by atoms with Gasteiger partial charge < -0.3 is 0 Å². The maximum Gasteiger partial charge on any atom is 0.0967 e. The minimum atomic E-state index is 0.313. The van der Waals surface area contributed by atoms with E-state index in [0.29, 0.717) is 6.54 Å². The molecular formula is C3H5IN4. The molecule has 0 aliphatic rings. The smallest absolute Gasteiger partial charge is 0.0967 e. The maximum absolute atomic E-state index is 6.32. The largest absolute Gasteiger partial charge is 0.209 e. The summed E-state index contributed by atoms with van der Waals surface area (Å²) in [5.74, 6) is 0. The second-order valence-electron chi connectivity index (χ2n) is 0.852. The molecule has 0 aromatic heterocycles. The molecule has 8 heavy (non-hydrogen) atoms. The highest BCUT2D eigenvalue weighted by atomic mass is 127. The van der Waals surface area contributed by atoms with Crippen molar-refractivity contribution in [3.63, 3.8) is 0 Å². The highest BCUT2D eigenvalue weighted by Gasteiger charge is 1.65. The fraction of sp³-hybridized carbons (Fsp3) is 0.333. The topological polar surface area (TPSA) is 60.9 Å². The average Bonchev–Trinajstić information content (AvgIpc) is 1.81. The Morgan fingerprint density at radius 3 is 2.75 bits per heavy atom. The minimum absolute atomic E-state index is 0.313. The molecule has 0 spiro atoms. The number of hydrogen-bond donors (Lipinski definition) is 1. The highest BCUT2D eigenvalue weighted by Crippen LogP contribution is 1.73. The van der Waals surface area contributed by atoms with Gasteiger partial charge in [0.1, 0.15) is 0 Å². The van der Waals surface area contributed by atoms with Crippen LogP contribution in [0.5, 0.6) is 0 Å². The molecule has 1 N–H and O–H groups in total. The van der Waals surface area contributed by atoms with Crippen LogP contribution in [0, 0.1) is 5.53 Å². The molecule has 0 aromatic rings. The summed E-state index contributed by atoms with van der Waals surface area (Å²) in [5.41, 5.74) is 6.32. The monoisotopic (exact) mass is 224 g/mol. The van der Waals surface area contributed by atoms with E-state index in [2.05, 4.69) is 15.3 Å². The van der Waals surface area contributed by atoms with Gasteiger partial charge >= 0.3 is 0 Å². The Hall–Kier alpha value is -0.330. The van der Waals surface area contributed by atoms with Crippen molar-refractivity contribution in [1.29, 1.82) is 5.53 Å². The lowest BCUT2D eigenvalue weighted by molar-refractivity contribution is 1.03. The van der Waals surface area contributed by atoms with Crippen LogP contribution in [0.4, 0.5) is 0 Å². The van der Waals surface area contributed by atoms with Crippen molar-refractivity contribution in [2.24, 2.45) is 15.3 Å². The molecule has 0 heterocycles. The molecule has 0 aromatic carbocycles. The fourth-order valence-corrected chi connectivity index (χ4v) is 0.294. The number of nitrogens with zero attached hydrogens (tertiary/aromatic N) is 3. The molecule has 0 saturated carbocycles. The molecular weight excluding hydrogens is 219 g/mol. The van der Waals surface area contributed by atoms with Crippen LogP contribution in [0.1, 0.15) is 0 Å². The Morgan fingerprint density at radius 2 is 2.25 bits per heavy atom.